The molecule has 158 valence electrons. The topological polar surface area (TPSA) is 53.5 Å². The number of aromatic nitrogens is 1. The smallest absolute Gasteiger partial charge is 0.255 e. The first-order chi connectivity index (χ1) is 14.9. The molecule has 0 radical (unpaired) electrons. The van der Waals surface area contributed by atoms with Crippen molar-refractivity contribution in [3.8, 4) is 11.3 Å². The van der Waals surface area contributed by atoms with Crippen molar-refractivity contribution in [3.63, 3.8) is 0 Å². The minimum Gasteiger partial charge on any atom is -0.335 e. The molecule has 2 heterocycles. The van der Waals surface area contributed by atoms with E-state index in [4.69, 9.17) is 0 Å². The summed E-state index contributed by atoms with van der Waals surface area (Å²) in [6, 6.07) is 17.1. The van der Waals surface area contributed by atoms with Crippen LogP contribution in [-0.4, -0.2) is 52.8 Å². The molecule has 1 fully saturated rings. The van der Waals surface area contributed by atoms with Crippen molar-refractivity contribution in [2.75, 3.05) is 26.2 Å². The van der Waals surface area contributed by atoms with Crippen molar-refractivity contribution in [3.05, 3.63) is 87.8 Å². The van der Waals surface area contributed by atoms with Gasteiger partial charge >= 0.3 is 0 Å². The van der Waals surface area contributed by atoms with Gasteiger partial charge in [-0.25, -0.2) is 4.39 Å². The van der Waals surface area contributed by atoms with Crippen LogP contribution in [-0.2, 0) is 0 Å². The van der Waals surface area contributed by atoms with Gasteiger partial charge in [0.15, 0.2) is 0 Å². The molecule has 1 saturated heterocycles. The first-order valence-electron chi connectivity index (χ1n) is 10.00. The third kappa shape index (κ3) is 4.66. The van der Waals surface area contributed by atoms with Gasteiger partial charge in [-0.3, -0.25) is 14.6 Å². The number of carbonyl (C=O) groups is 2. The van der Waals surface area contributed by atoms with Crippen LogP contribution in [0.4, 0.5) is 4.39 Å². The maximum atomic E-state index is 13.1. The summed E-state index contributed by atoms with van der Waals surface area (Å²) in [5, 5.41) is 0. The van der Waals surface area contributed by atoms with Crippen LogP contribution in [0, 0.1) is 12.7 Å². The molecule has 5 nitrogen and oxygen atoms in total. The van der Waals surface area contributed by atoms with E-state index in [0.717, 1.165) is 15.7 Å². The van der Waals surface area contributed by atoms with Gasteiger partial charge in [0, 0.05) is 41.8 Å². The summed E-state index contributed by atoms with van der Waals surface area (Å²) in [5.41, 5.74) is 3.48. The van der Waals surface area contributed by atoms with E-state index in [2.05, 4.69) is 20.9 Å². The van der Waals surface area contributed by atoms with Crippen LogP contribution in [0.3, 0.4) is 0 Å². The lowest BCUT2D eigenvalue weighted by molar-refractivity contribution is 0.0534. The molecule has 0 N–H and O–H groups in total. The summed E-state index contributed by atoms with van der Waals surface area (Å²) in [6.45, 7) is 3.59. The SMILES string of the molecule is Cc1nc(-c2cccc(Br)c2)ccc1C(=O)N1CCN(C(=O)c2ccc(F)cc2)CC1. The van der Waals surface area contributed by atoms with Gasteiger partial charge in [0.1, 0.15) is 5.82 Å². The number of piperazine rings is 1. The van der Waals surface area contributed by atoms with Crippen molar-refractivity contribution in [1.29, 1.82) is 0 Å². The first kappa shape index (κ1) is 21.2. The lowest BCUT2D eigenvalue weighted by Gasteiger charge is -2.35. The van der Waals surface area contributed by atoms with Crippen molar-refractivity contribution < 1.29 is 14.0 Å². The molecule has 0 atom stereocenters. The molecule has 7 heteroatoms. The van der Waals surface area contributed by atoms with E-state index in [1.165, 1.54) is 24.3 Å². The Morgan fingerprint density at radius 2 is 1.55 bits per heavy atom. The number of nitrogens with zero attached hydrogens (tertiary/aromatic N) is 3. The second-order valence-electron chi connectivity index (χ2n) is 7.43. The summed E-state index contributed by atoms with van der Waals surface area (Å²) in [5.74, 6) is -0.607. The average Bonchev–Trinajstić information content (AvgIpc) is 2.79. The van der Waals surface area contributed by atoms with Gasteiger partial charge in [-0.2, -0.15) is 0 Å². The lowest BCUT2D eigenvalue weighted by Crippen LogP contribution is -2.50. The maximum absolute atomic E-state index is 13.1. The fourth-order valence-corrected chi connectivity index (χ4v) is 4.05. The fourth-order valence-electron chi connectivity index (χ4n) is 3.65. The predicted octanol–water partition coefficient (Wildman–Crippen LogP) is 4.56. The van der Waals surface area contributed by atoms with Crippen LogP contribution in [0.25, 0.3) is 11.3 Å². The van der Waals surface area contributed by atoms with Crippen molar-refractivity contribution in [2.24, 2.45) is 0 Å². The normalized spacial score (nSPS) is 13.9. The Balaban J connectivity index is 1.42. The number of carbonyl (C=O) groups excluding carboxylic acids is 2. The summed E-state index contributed by atoms with van der Waals surface area (Å²) in [6.07, 6.45) is 0. The minimum absolute atomic E-state index is 0.0836. The van der Waals surface area contributed by atoms with E-state index in [9.17, 15) is 14.0 Å². The number of aryl methyl sites for hydroxylation is 1. The van der Waals surface area contributed by atoms with Crippen LogP contribution in [0.2, 0.25) is 0 Å². The number of benzene rings is 2. The van der Waals surface area contributed by atoms with Crippen molar-refractivity contribution in [1.82, 2.24) is 14.8 Å². The molecule has 0 saturated carbocycles. The summed E-state index contributed by atoms with van der Waals surface area (Å²) < 4.78 is 14.1. The zero-order chi connectivity index (χ0) is 22.0. The molecule has 2 amide bonds. The highest BCUT2D eigenvalue weighted by atomic mass is 79.9. The second kappa shape index (κ2) is 8.98. The molecule has 31 heavy (non-hydrogen) atoms. The molecular weight excluding hydrogens is 461 g/mol. The summed E-state index contributed by atoms with van der Waals surface area (Å²) in [7, 11) is 0. The fraction of sp³-hybridized carbons (Fsp3) is 0.208. The standard InChI is InChI=1S/C24H21BrFN3O2/c1-16-21(9-10-22(27-16)18-3-2-4-19(25)15-18)24(31)29-13-11-28(12-14-29)23(30)17-5-7-20(26)8-6-17/h2-10,15H,11-14H2,1H3. The van der Waals surface area contributed by atoms with Crippen LogP contribution in [0.1, 0.15) is 26.4 Å². The molecular formula is C24H21BrFN3O2. The van der Waals surface area contributed by atoms with Gasteiger partial charge in [-0.15, -0.1) is 0 Å². The Morgan fingerprint density at radius 1 is 0.903 bits per heavy atom. The Bertz CT molecular complexity index is 1130. The van der Waals surface area contributed by atoms with E-state index in [1.54, 1.807) is 9.80 Å². The second-order valence-corrected chi connectivity index (χ2v) is 8.35. The lowest BCUT2D eigenvalue weighted by atomic mass is 10.1. The van der Waals surface area contributed by atoms with Gasteiger partial charge in [-0.05, 0) is 55.5 Å². The number of hydrogen-bond donors (Lipinski definition) is 0. The largest absolute Gasteiger partial charge is 0.335 e. The van der Waals surface area contributed by atoms with Crippen LogP contribution in [0.5, 0.6) is 0 Å². The minimum atomic E-state index is -0.373. The molecule has 4 rings (SSSR count). The summed E-state index contributed by atoms with van der Waals surface area (Å²) >= 11 is 3.47. The molecule has 1 aliphatic rings. The zero-order valence-corrected chi connectivity index (χ0v) is 18.6. The maximum Gasteiger partial charge on any atom is 0.255 e. The molecule has 3 aromatic rings. The number of rotatable bonds is 3. The Morgan fingerprint density at radius 3 is 2.16 bits per heavy atom. The highest BCUT2D eigenvalue weighted by molar-refractivity contribution is 9.10. The molecule has 0 spiro atoms. The molecule has 0 unspecified atom stereocenters. The number of hydrogen-bond acceptors (Lipinski definition) is 3. The van der Waals surface area contributed by atoms with Crippen molar-refractivity contribution in [2.45, 2.75) is 6.92 Å². The third-order valence-electron chi connectivity index (χ3n) is 5.38. The van der Waals surface area contributed by atoms with Crippen LogP contribution < -0.4 is 0 Å². The van der Waals surface area contributed by atoms with E-state index >= 15 is 0 Å². The predicted molar refractivity (Wildman–Crippen MR) is 120 cm³/mol. The van der Waals surface area contributed by atoms with Crippen LogP contribution >= 0.6 is 15.9 Å². The third-order valence-corrected chi connectivity index (χ3v) is 5.88. The number of amides is 2. The van der Waals surface area contributed by atoms with E-state index in [-0.39, 0.29) is 17.6 Å². The first-order valence-corrected chi connectivity index (χ1v) is 10.8. The molecule has 1 aromatic heterocycles. The van der Waals surface area contributed by atoms with Gasteiger partial charge in [0.2, 0.25) is 0 Å². The summed E-state index contributed by atoms with van der Waals surface area (Å²) in [4.78, 5) is 33.7. The quantitative estimate of drug-likeness (QED) is 0.550. The Labute approximate surface area is 188 Å². The monoisotopic (exact) mass is 481 g/mol. The molecule has 2 aromatic carbocycles. The Kier molecular flexibility index (Phi) is 6.13. The van der Waals surface area contributed by atoms with E-state index < -0.39 is 0 Å². The Hall–Kier alpha value is -3.06. The molecule has 0 bridgehead atoms. The number of halogens is 2. The van der Waals surface area contributed by atoms with Crippen molar-refractivity contribution >= 4 is 27.7 Å². The van der Waals surface area contributed by atoms with Gasteiger partial charge in [0.25, 0.3) is 11.8 Å². The van der Waals surface area contributed by atoms with E-state index in [0.29, 0.717) is 43.0 Å². The average molecular weight is 482 g/mol. The van der Waals surface area contributed by atoms with Gasteiger partial charge < -0.3 is 9.80 Å². The number of pyridine rings is 1. The molecule has 1 aliphatic heterocycles. The zero-order valence-electron chi connectivity index (χ0n) is 17.0. The van der Waals surface area contributed by atoms with Gasteiger partial charge in [0.05, 0.1) is 17.0 Å². The van der Waals surface area contributed by atoms with Crippen LogP contribution in [0.15, 0.2) is 65.1 Å². The van der Waals surface area contributed by atoms with Gasteiger partial charge in [-0.1, -0.05) is 28.1 Å². The highest BCUT2D eigenvalue weighted by Gasteiger charge is 2.26. The van der Waals surface area contributed by atoms with E-state index in [1.807, 2.05) is 43.3 Å². The highest BCUT2D eigenvalue weighted by Crippen LogP contribution is 2.23. The molecule has 0 aliphatic carbocycles.